The van der Waals surface area contributed by atoms with Crippen molar-refractivity contribution in [3.05, 3.63) is 45.3 Å². The fraction of sp³-hybridized carbons (Fsp3) is 0.444. The van der Waals surface area contributed by atoms with Crippen LogP contribution in [0.25, 0.3) is 15.8 Å². The van der Waals surface area contributed by atoms with Crippen LogP contribution < -0.4 is 5.56 Å². The number of fused-ring (bicyclic) bond motifs is 4. The Kier molecular flexibility index (Phi) is 2.95. The summed E-state index contributed by atoms with van der Waals surface area (Å²) in [4.78, 5) is 18.8. The molecule has 1 fully saturated rings. The van der Waals surface area contributed by atoms with Crippen LogP contribution in [0.4, 0.5) is 0 Å². The van der Waals surface area contributed by atoms with E-state index in [9.17, 15) is 4.79 Å². The first-order valence-electron chi connectivity index (χ1n) is 7.96. The molecule has 1 spiro atoms. The van der Waals surface area contributed by atoms with Gasteiger partial charge in [-0.3, -0.25) is 9.36 Å². The first-order valence-corrected chi connectivity index (χ1v) is 8.78. The van der Waals surface area contributed by atoms with E-state index in [2.05, 4.69) is 26.5 Å². The standard InChI is InChI=1S/C18H20N2OS/c1-4-12(11(2)3)14-10-13-15(22-14)16(21)20-17(19-13)18(20)8-6-5-7-9-18/h4,10H,1,5-9H2,2-3H3. The molecule has 2 aromatic heterocycles. The van der Waals surface area contributed by atoms with Crippen molar-refractivity contribution in [3.63, 3.8) is 0 Å². The second kappa shape index (κ2) is 4.66. The molecule has 1 saturated carbocycles. The minimum absolute atomic E-state index is 0.0218. The molecule has 3 heterocycles. The third-order valence-corrected chi connectivity index (χ3v) is 6.18. The van der Waals surface area contributed by atoms with Crippen molar-refractivity contribution < 1.29 is 0 Å². The summed E-state index contributed by atoms with van der Waals surface area (Å²) in [7, 11) is 0. The predicted molar refractivity (Wildman–Crippen MR) is 92.5 cm³/mol. The smallest absolute Gasteiger partial charge is 0.272 e. The summed E-state index contributed by atoms with van der Waals surface area (Å²) in [5.74, 6) is 1.02. The molecule has 0 atom stereocenters. The molecular weight excluding hydrogens is 292 g/mol. The average Bonchev–Trinajstić information content (AvgIpc) is 2.90. The maximum Gasteiger partial charge on any atom is 0.272 e. The molecule has 0 amide bonds. The minimum atomic E-state index is -0.0218. The molecule has 0 unspecified atom stereocenters. The monoisotopic (exact) mass is 312 g/mol. The van der Waals surface area contributed by atoms with Crippen molar-refractivity contribution >= 4 is 27.1 Å². The number of thiophene rings is 1. The number of nitrogens with zero attached hydrogens (tertiary/aromatic N) is 2. The Morgan fingerprint density at radius 2 is 2.09 bits per heavy atom. The van der Waals surface area contributed by atoms with E-state index in [0.29, 0.717) is 0 Å². The van der Waals surface area contributed by atoms with Gasteiger partial charge in [-0.05, 0) is 38.3 Å². The SMILES string of the molecule is C=CC(=C(C)C)c1cc2nc3n(c(=O)c2s1)C31CCCCC1. The van der Waals surface area contributed by atoms with E-state index in [4.69, 9.17) is 4.98 Å². The molecule has 0 N–H and O–H groups in total. The van der Waals surface area contributed by atoms with Gasteiger partial charge in [0.15, 0.2) is 0 Å². The van der Waals surface area contributed by atoms with Gasteiger partial charge in [-0.2, -0.15) is 0 Å². The van der Waals surface area contributed by atoms with Gasteiger partial charge >= 0.3 is 0 Å². The maximum atomic E-state index is 12.8. The lowest BCUT2D eigenvalue weighted by Crippen LogP contribution is -2.22. The second-order valence-electron chi connectivity index (χ2n) is 6.61. The highest BCUT2D eigenvalue weighted by Gasteiger charge is 2.53. The molecular formula is C18H20N2OS. The van der Waals surface area contributed by atoms with Crippen LogP contribution in [0.5, 0.6) is 0 Å². The van der Waals surface area contributed by atoms with Crippen molar-refractivity contribution in [2.75, 3.05) is 0 Å². The van der Waals surface area contributed by atoms with Crippen molar-refractivity contribution in [2.45, 2.75) is 51.5 Å². The van der Waals surface area contributed by atoms with E-state index >= 15 is 0 Å². The quantitative estimate of drug-likeness (QED) is 0.767. The van der Waals surface area contributed by atoms with Gasteiger partial charge in [0.2, 0.25) is 0 Å². The van der Waals surface area contributed by atoms with E-state index in [1.807, 2.05) is 10.6 Å². The Morgan fingerprint density at radius 3 is 2.73 bits per heavy atom. The number of rotatable bonds is 2. The zero-order valence-corrected chi connectivity index (χ0v) is 13.9. The van der Waals surface area contributed by atoms with Crippen molar-refractivity contribution in [1.29, 1.82) is 0 Å². The molecule has 1 aliphatic carbocycles. The summed E-state index contributed by atoms with van der Waals surface area (Å²) in [5, 5.41) is 0. The number of hydrogen-bond donors (Lipinski definition) is 0. The lowest BCUT2D eigenvalue weighted by Gasteiger charge is -2.19. The zero-order chi connectivity index (χ0) is 15.5. The number of hydrogen-bond acceptors (Lipinski definition) is 3. The van der Waals surface area contributed by atoms with Crippen LogP contribution in [-0.4, -0.2) is 9.55 Å². The number of aromatic nitrogens is 2. The van der Waals surface area contributed by atoms with Crippen molar-refractivity contribution in [2.24, 2.45) is 0 Å². The van der Waals surface area contributed by atoms with E-state index in [1.165, 1.54) is 24.8 Å². The highest BCUT2D eigenvalue weighted by molar-refractivity contribution is 7.20. The van der Waals surface area contributed by atoms with Gasteiger partial charge in [0.25, 0.3) is 5.56 Å². The fourth-order valence-corrected chi connectivity index (χ4v) is 5.03. The molecule has 2 aliphatic rings. The van der Waals surface area contributed by atoms with Crippen LogP contribution in [0.2, 0.25) is 0 Å². The molecule has 0 bridgehead atoms. The molecule has 4 rings (SSSR count). The van der Waals surface area contributed by atoms with Gasteiger partial charge < -0.3 is 0 Å². The maximum absolute atomic E-state index is 12.8. The molecule has 1 aliphatic heterocycles. The Morgan fingerprint density at radius 1 is 1.36 bits per heavy atom. The van der Waals surface area contributed by atoms with Gasteiger partial charge in [0.1, 0.15) is 16.1 Å². The summed E-state index contributed by atoms with van der Waals surface area (Å²) in [6, 6.07) is 2.06. The van der Waals surface area contributed by atoms with E-state index in [0.717, 1.165) is 39.3 Å². The van der Waals surface area contributed by atoms with Crippen molar-refractivity contribution in [3.8, 4) is 0 Å². The molecule has 3 nitrogen and oxygen atoms in total. The van der Waals surface area contributed by atoms with Gasteiger partial charge in [0.05, 0.1) is 5.52 Å². The van der Waals surface area contributed by atoms with Gasteiger partial charge in [-0.1, -0.05) is 37.5 Å². The second-order valence-corrected chi connectivity index (χ2v) is 7.66. The van der Waals surface area contributed by atoms with Crippen LogP contribution in [-0.2, 0) is 5.54 Å². The summed E-state index contributed by atoms with van der Waals surface area (Å²) in [6.45, 7) is 8.04. The van der Waals surface area contributed by atoms with Crippen LogP contribution in [0.1, 0.15) is 56.7 Å². The van der Waals surface area contributed by atoms with E-state index in [1.54, 1.807) is 11.3 Å². The van der Waals surface area contributed by atoms with Gasteiger partial charge in [0, 0.05) is 4.88 Å². The fourth-order valence-electron chi connectivity index (χ4n) is 3.85. The first-order chi connectivity index (χ1) is 10.6. The topological polar surface area (TPSA) is 34.9 Å². The molecule has 22 heavy (non-hydrogen) atoms. The molecule has 0 radical (unpaired) electrons. The Bertz CT molecular complexity index is 874. The zero-order valence-electron chi connectivity index (χ0n) is 13.1. The highest BCUT2D eigenvalue weighted by atomic mass is 32.1. The number of allylic oxidation sites excluding steroid dienone is 3. The van der Waals surface area contributed by atoms with Gasteiger partial charge in [-0.25, -0.2) is 4.98 Å². The summed E-state index contributed by atoms with van der Waals surface area (Å²) >= 11 is 1.55. The molecule has 4 heteroatoms. The Balaban J connectivity index is 1.87. The largest absolute Gasteiger partial charge is 0.280 e. The highest BCUT2D eigenvalue weighted by Crippen LogP contribution is 2.50. The first kappa shape index (κ1) is 13.9. The van der Waals surface area contributed by atoms with E-state index < -0.39 is 0 Å². The average molecular weight is 312 g/mol. The normalized spacial score (nSPS) is 18.3. The van der Waals surface area contributed by atoms with Crippen LogP contribution in [0.3, 0.4) is 0 Å². The predicted octanol–water partition coefficient (Wildman–Crippen LogP) is 4.46. The molecule has 114 valence electrons. The summed E-state index contributed by atoms with van der Waals surface area (Å²) in [6.07, 6.45) is 7.75. The van der Waals surface area contributed by atoms with Gasteiger partial charge in [-0.15, -0.1) is 11.3 Å². The lowest BCUT2D eigenvalue weighted by molar-refractivity contribution is 0.350. The Labute approximate surface area is 134 Å². The van der Waals surface area contributed by atoms with Crippen LogP contribution in [0.15, 0.2) is 29.1 Å². The van der Waals surface area contributed by atoms with Crippen molar-refractivity contribution in [1.82, 2.24) is 9.55 Å². The lowest BCUT2D eigenvalue weighted by atomic mass is 9.87. The third kappa shape index (κ3) is 1.73. The molecule has 0 aromatic carbocycles. The minimum Gasteiger partial charge on any atom is -0.280 e. The Hall–Kier alpha value is -1.68. The molecule has 0 saturated heterocycles. The van der Waals surface area contributed by atoms with Crippen LogP contribution >= 0.6 is 11.3 Å². The summed E-state index contributed by atoms with van der Waals surface area (Å²) in [5.41, 5.74) is 3.33. The third-order valence-electron chi connectivity index (χ3n) is 5.03. The van der Waals surface area contributed by atoms with E-state index in [-0.39, 0.29) is 11.1 Å². The molecule has 2 aromatic rings. The van der Waals surface area contributed by atoms with Crippen LogP contribution in [0, 0.1) is 0 Å². The summed E-state index contributed by atoms with van der Waals surface area (Å²) < 4.78 is 2.76.